The lowest BCUT2D eigenvalue weighted by atomic mass is 9.95. The van der Waals surface area contributed by atoms with E-state index in [0.717, 1.165) is 12.8 Å². The Bertz CT molecular complexity index is 652. The first-order valence-corrected chi connectivity index (χ1v) is 8.90. The Morgan fingerprint density at radius 3 is 2.46 bits per heavy atom. The highest BCUT2D eigenvalue weighted by atomic mass is 16.5. The number of rotatable bonds is 6. The Morgan fingerprint density at radius 1 is 1.19 bits per heavy atom. The van der Waals surface area contributed by atoms with Crippen LogP contribution >= 0.6 is 0 Å². The van der Waals surface area contributed by atoms with Crippen LogP contribution in [-0.4, -0.2) is 55.5 Å². The van der Waals surface area contributed by atoms with Crippen LogP contribution in [0, 0.1) is 5.92 Å². The third-order valence-electron chi connectivity index (χ3n) is 4.36. The summed E-state index contributed by atoms with van der Waals surface area (Å²) in [6.07, 6.45) is 1.48. The number of hydrogen-bond acceptors (Lipinski definition) is 5. The molecule has 0 spiro atoms. The second-order valence-corrected chi connectivity index (χ2v) is 6.80. The molecule has 0 saturated carbocycles. The fourth-order valence-electron chi connectivity index (χ4n) is 3.03. The van der Waals surface area contributed by atoms with E-state index in [1.165, 1.54) is 7.11 Å². The lowest BCUT2D eigenvalue weighted by Crippen LogP contribution is -2.44. The fraction of sp³-hybridized carbons (Fsp3) is 0.526. The SMILES string of the molecule is COC(=O)c1ccccc1NC(=O)CN1CCC(C(=O)NC(C)C)CC1. The van der Waals surface area contributed by atoms with E-state index in [-0.39, 0.29) is 30.3 Å². The number of carbonyl (C=O) groups excluding carboxylic acids is 3. The van der Waals surface area contributed by atoms with Crippen LogP contribution in [0.15, 0.2) is 24.3 Å². The molecule has 1 saturated heterocycles. The molecule has 2 rings (SSSR count). The first-order valence-electron chi connectivity index (χ1n) is 8.90. The number of hydrogen-bond donors (Lipinski definition) is 2. The summed E-state index contributed by atoms with van der Waals surface area (Å²) in [4.78, 5) is 38.2. The van der Waals surface area contributed by atoms with Gasteiger partial charge in [-0.05, 0) is 51.9 Å². The predicted molar refractivity (Wildman–Crippen MR) is 98.9 cm³/mol. The van der Waals surface area contributed by atoms with Gasteiger partial charge in [-0.15, -0.1) is 0 Å². The normalized spacial score (nSPS) is 15.5. The number of nitrogens with zero attached hydrogens (tertiary/aromatic N) is 1. The number of piperidine rings is 1. The summed E-state index contributed by atoms with van der Waals surface area (Å²) in [6, 6.07) is 6.89. The summed E-state index contributed by atoms with van der Waals surface area (Å²) in [7, 11) is 1.31. The third-order valence-corrected chi connectivity index (χ3v) is 4.36. The van der Waals surface area contributed by atoms with Crippen molar-refractivity contribution in [3.8, 4) is 0 Å². The van der Waals surface area contributed by atoms with Crippen LogP contribution in [0.5, 0.6) is 0 Å². The van der Waals surface area contributed by atoms with Gasteiger partial charge >= 0.3 is 5.97 Å². The minimum Gasteiger partial charge on any atom is -0.465 e. The fourth-order valence-corrected chi connectivity index (χ4v) is 3.03. The van der Waals surface area contributed by atoms with Gasteiger partial charge in [-0.3, -0.25) is 14.5 Å². The molecule has 1 heterocycles. The molecule has 1 aliphatic heterocycles. The largest absolute Gasteiger partial charge is 0.465 e. The molecule has 142 valence electrons. The molecule has 1 aromatic carbocycles. The number of anilines is 1. The van der Waals surface area contributed by atoms with Crippen molar-refractivity contribution in [1.82, 2.24) is 10.2 Å². The zero-order valence-corrected chi connectivity index (χ0v) is 15.6. The Balaban J connectivity index is 1.85. The number of para-hydroxylation sites is 1. The van der Waals surface area contributed by atoms with Gasteiger partial charge in [-0.25, -0.2) is 4.79 Å². The number of nitrogens with one attached hydrogen (secondary N) is 2. The maximum atomic E-state index is 12.3. The minimum absolute atomic E-state index is 0.0109. The Morgan fingerprint density at radius 2 is 1.85 bits per heavy atom. The lowest BCUT2D eigenvalue weighted by molar-refractivity contribution is -0.127. The van der Waals surface area contributed by atoms with Crippen molar-refractivity contribution in [2.24, 2.45) is 5.92 Å². The van der Waals surface area contributed by atoms with E-state index in [1.54, 1.807) is 24.3 Å². The van der Waals surface area contributed by atoms with E-state index in [2.05, 4.69) is 10.6 Å². The maximum Gasteiger partial charge on any atom is 0.339 e. The first kappa shape index (κ1) is 19.9. The summed E-state index contributed by atoms with van der Waals surface area (Å²) in [5.74, 6) is -0.572. The monoisotopic (exact) mass is 361 g/mol. The van der Waals surface area contributed by atoms with Crippen molar-refractivity contribution in [2.75, 3.05) is 32.1 Å². The summed E-state index contributed by atoms with van der Waals surface area (Å²) in [6.45, 7) is 5.52. The second kappa shape index (κ2) is 9.33. The smallest absolute Gasteiger partial charge is 0.339 e. The molecule has 7 nitrogen and oxygen atoms in total. The van der Waals surface area contributed by atoms with Gasteiger partial charge in [0.1, 0.15) is 0 Å². The summed E-state index contributed by atoms with van der Waals surface area (Å²) in [5.41, 5.74) is 0.767. The molecule has 0 aromatic heterocycles. The average molecular weight is 361 g/mol. The van der Waals surface area contributed by atoms with Crippen LogP contribution in [0.25, 0.3) is 0 Å². The van der Waals surface area contributed by atoms with Crippen molar-refractivity contribution in [3.05, 3.63) is 29.8 Å². The van der Waals surface area contributed by atoms with Gasteiger partial charge in [-0.2, -0.15) is 0 Å². The molecule has 2 amide bonds. The number of ether oxygens (including phenoxy) is 1. The molecule has 26 heavy (non-hydrogen) atoms. The van der Waals surface area contributed by atoms with E-state index in [0.29, 0.717) is 24.3 Å². The van der Waals surface area contributed by atoms with Crippen LogP contribution in [0.2, 0.25) is 0 Å². The van der Waals surface area contributed by atoms with Crippen molar-refractivity contribution in [2.45, 2.75) is 32.7 Å². The summed E-state index contributed by atoms with van der Waals surface area (Å²) < 4.78 is 4.73. The molecule has 1 aliphatic rings. The van der Waals surface area contributed by atoms with Gasteiger partial charge in [0.05, 0.1) is 24.9 Å². The zero-order chi connectivity index (χ0) is 19.1. The standard InChI is InChI=1S/C19H27N3O4/c1-13(2)20-18(24)14-8-10-22(11-9-14)12-17(23)21-16-7-5-4-6-15(16)19(25)26-3/h4-7,13-14H,8-12H2,1-3H3,(H,20,24)(H,21,23). The number of likely N-dealkylation sites (tertiary alicyclic amines) is 1. The Kier molecular flexibility index (Phi) is 7.15. The number of methoxy groups -OCH3 is 1. The Labute approximate surface area is 154 Å². The predicted octanol–water partition coefficient (Wildman–Crippen LogP) is 1.65. The molecule has 0 radical (unpaired) electrons. The number of esters is 1. The lowest BCUT2D eigenvalue weighted by Gasteiger charge is -2.31. The van der Waals surface area contributed by atoms with Crippen molar-refractivity contribution < 1.29 is 19.1 Å². The van der Waals surface area contributed by atoms with Gasteiger partial charge in [0, 0.05) is 12.0 Å². The topological polar surface area (TPSA) is 87.7 Å². The molecule has 7 heteroatoms. The summed E-state index contributed by atoms with van der Waals surface area (Å²) >= 11 is 0. The molecule has 0 atom stereocenters. The molecule has 1 aromatic rings. The van der Waals surface area contributed by atoms with Gasteiger partial charge in [0.25, 0.3) is 0 Å². The zero-order valence-electron chi connectivity index (χ0n) is 15.6. The van der Waals surface area contributed by atoms with Crippen molar-refractivity contribution >= 4 is 23.5 Å². The van der Waals surface area contributed by atoms with Crippen molar-refractivity contribution in [3.63, 3.8) is 0 Å². The molecule has 2 N–H and O–H groups in total. The molecule has 0 unspecified atom stereocenters. The number of benzene rings is 1. The first-order chi connectivity index (χ1) is 12.4. The van der Waals surface area contributed by atoms with Crippen LogP contribution in [0.4, 0.5) is 5.69 Å². The quantitative estimate of drug-likeness (QED) is 0.752. The van der Waals surface area contributed by atoms with E-state index >= 15 is 0 Å². The molecule has 0 aliphatic carbocycles. The van der Waals surface area contributed by atoms with Crippen molar-refractivity contribution in [1.29, 1.82) is 0 Å². The average Bonchev–Trinajstić information content (AvgIpc) is 2.61. The highest BCUT2D eigenvalue weighted by molar-refractivity contribution is 6.01. The van der Waals surface area contributed by atoms with Gasteiger partial charge in [0.2, 0.25) is 11.8 Å². The van der Waals surface area contributed by atoms with Gasteiger partial charge < -0.3 is 15.4 Å². The van der Waals surface area contributed by atoms with Crippen LogP contribution < -0.4 is 10.6 Å². The highest BCUT2D eigenvalue weighted by Gasteiger charge is 2.26. The molecular formula is C19H27N3O4. The molecule has 0 bridgehead atoms. The van der Waals surface area contributed by atoms with E-state index < -0.39 is 5.97 Å². The Hall–Kier alpha value is -2.41. The van der Waals surface area contributed by atoms with E-state index in [4.69, 9.17) is 4.74 Å². The van der Waals surface area contributed by atoms with Gasteiger partial charge in [-0.1, -0.05) is 12.1 Å². The van der Waals surface area contributed by atoms with Crippen LogP contribution in [0.3, 0.4) is 0 Å². The molecule has 1 fully saturated rings. The van der Waals surface area contributed by atoms with E-state index in [1.807, 2.05) is 18.7 Å². The van der Waals surface area contributed by atoms with E-state index in [9.17, 15) is 14.4 Å². The third kappa shape index (κ3) is 5.56. The minimum atomic E-state index is -0.488. The maximum absolute atomic E-state index is 12.3. The molecular weight excluding hydrogens is 334 g/mol. The highest BCUT2D eigenvalue weighted by Crippen LogP contribution is 2.19. The number of carbonyl (C=O) groups is 3. The van der Waals surface area contributed by atoms with Gasteiger partial charge in [0.15, 0.2) is 0 Å². The van der Waals surface area contributed by atoms with Crippen LogP contribution in [-0.2, 0) is 14.3 Å². The second-order valence-electron chi connectivity index (χ2n) is 6.80. The summed E-state index contributed by atoms with van der Waals surface area (Å²) in [5, 5.41) is 5.71. The van der Waals surface area contributed by atoms with Crippen LogP contribution in [0.1, 0.15) is 37.0 Å². The number of amides is 2.